The lowest BCUT2D eigenvalue weighted by Crippen LogP contribution is -2.41. The van der Waals surface area contributed by atoms with Gasteiger partial charge < -0.3 is 18.8 Å². The Morgan fingerprint density at radius 2 is 1.50 bits per heavy atom. The van der Waals surface area contributed by atoms with Crippen LogP contribution in [0.5, 0.6) is 5.75 Å². The van der Waals surface area contributed by atoms with Gasteiger partial charge in [0.25, 0.3) is 0 Å². The molecule has 0 N–H and O–H groups in total. The maximum atomic E-state index is 6.34. The number of methoxy groups -OCH3 is 1. The standard InChI is InChI=1S/C24H27BO4S/c1-23(2)24(3,4)29-25(28-23)20-14-10-9-13-18(20)22-21(27-16-26-5)19(15-30-22)17-11-7-6-8-12-17/h6-15H,16H2,1-5H3. The Bertz CT molecular complexity index is 997. The van der Waals surface area contributed by atoms with Gasteiger partial charge in [0.1, 0.15) is 5.75 Å². The molecule has 0 atom stereocenters. The molecule has 1 aliphatic heterocycles. The molecular formula is C24H27BO4S. The highest BCUT2D eigenvalue weighted by Gasteiger charge is 2.52. The molecule has 1 aliphatic rings. The number of thiophene rings is 1. The topological polar surface area (TPSA) is 36.9 Å². The number of benzene rings is 2. The predicted octanol–water partition coefficient (Wildman–Crippen LogP) is 5.36. The second kappa shape index (κ2) is 8.19. The third-order valence-electron chi connectivity index (χ3n) is 5.86. The zero-order valence-electron chi connectivity index (χ0n) is 18.1. The molecule has 0 saturated carbocycles. The van der Waals surface area contributed by atoms with Gasteiger partial charge in [-0.25, -0.2) is 0 Å². The fourth-order valence-electron chi connectivity index (χ4n) is 3.49. The van der Waals surface area contributed by atoms with Crippen molar-refractivity contribution in [2.24, 2.45) is 0 Å². The van der Waals surface area contributed by atoms with Gasteiger partial charge in [0.2, 0.25) is 0 Å². The van der Waals surface area contributed by atoms with Crippen LogP contribution >= 0.6 is 11.3 Å². The van der Waals surface area contributed by atoms with Crippen molar-refractivity contribution in [2.45, 2.75) is 38.9 Å². The molecule has 2 aromatic carbocycles. The fourth-order valence-corrected chi connectivity index (χ4v) is 4.56. The summed E-state index contributed by atoms with van der Waals surface area (Å²) in [5.41, 5.74) is 3.42. The van der Waals surface area contributed by atoms with Crippen LogP contribution in [-0.2, 0) is 14.0 Å². The Balaban J connectivity index is 1.80. The van der Waals surface area contributed by atoms with Crippen molar-refractivity contribution in [3.63, 3.8) is 0 Å². The summed E-state index contributed by atoms with van der Waals surface area (Å²) in [5.74, 6) is 0.817. The van der Waals surface area contributed by atoms with E-state index in [0.29, 0.717) is 0 Å². The van der Waals surface area contributed by atoms with Crippen molar-refractivity contribution in [3.8, 4) is 27.3 Å². The fraction of sp³-hybridized carbons (Fsp3) is 0.333. The Hall–Kier alpha value is -2.12. The number of rotatable bonds is 6. The van der Waals surface area contributed by atoms with Crippen LogP contribution in [0, 0.1) is 0 Å². The number of ether oxygens (including phenoxy) is 2. The minimum absolute atomic E-state index is 0.183. The van der Waals surface area contributed by atoms with E-state index >= 15 is 0 Å². The number of hydrogen-bond donors (Lipinski definition) is 0. The lowest BCUT2D eigenvalue weighted by atomic mass is 9.75. The highest BCUT2D eigenvalue weighted by Crippen LogP contribution is 2.45. The van der Waals surface area contributed by atoms with Gasteiger partial charge in [-0.2, -0.15) is 0 Å². The average Bonchev–Trinajstić information content (AvgIpc) is 3.24. The van der Waals surface area contributed by atoms with E-state index in [9.17, 15) is 0 Å². The minimum atomic E-state index is -0.441. The Morgan fingerprint density at radius 1 is 0.867 bits per heavy atom. The maximum absolute atomic E-state index is 6.34. The third kappa shape index (κ3) is 3.81. The van der Waals surface area contributed by atoms with Crippen LogP contribution in [0.15, 0.2) is 60.0 Å². The first-order valence-electron chi connectivity index (χ1n) is 10.1. The predicted molar refractivity (Wildman–Crippen MR) is 123 cm³/mol. The second-order valence-electron chi connectivity index (χ2n) is 8.40. The quantitative estimate of drug-likeness (QED) is 0.396. The van der Waals surface area contributed by atoms with Crippen LogP contribution in [0.25, 0.3) is 21.6 Å². The van der Waals surface area contributed by atoms with Gasteiger partial charge in [-0.15, -0.1) is 11.3 Å². The van der Waals surface area contributed by atoms with Crippen molar-refractivity contribution >= 4 is 23.9 Å². The zero-order chi connectivity index (χ0) is 21.4. The smallest absolute Gasteiger partial charge is 0.465 e. The van der Waals surface area contributed by atoms with Gasteiger partial charge in [0.05, 0.1) is 16.1 Å². The van der Waals surface area contributed by atoms with Crippen LogP contribution in [0.2, 0.25) is 0 Å². The third-order valence-corrected chi connectivity index (χ3v) is 6.86. The first-order chi connectivity index (χ1) is 14.3. The summed E-state index contributed by atoms with van der Waals surface area (Å²) in [6.45, 7) is 8.47. The molecule has 6 heteroatoms. The van der Waals surface area contributed by atoms with Crippen molar-refractivity contribution in [2.75, 3.05) is 13.9 Å². The summed E-state index contributed by atoms with van der Waals surface area (Å²) in [6.07, 6.45) is 0. The Kier molecular flexibility index (Phi) is 5.77. The molecule has 1 fully saturated rings. The molecule has 4 nitrogen and oxygen atoms in total. The van der Waals surface area contributed by atoms with Crippen LogP contribution < -0.4 is 10.2 Å². The molecule has 0 spiro atoms. The van der Waals surface area contributed by atoms with E-state index in [1.807, 2.05) is 30.3 Å². The molecule has 0 amide bonds. The molecule has 0 aliphatic carbocycles. The lowest BCUT2D eigenvalue weighted by Gasteiger charge is -2.32. The average molecular weight is 422 g/mol. The highest BCUT2D eigenvalue weighted by atomic mass is 32.1. The van der Waals surface area contributed by atoms with E-state index in [1.165, 1.54) is 0 Å². The summed E-state index contributed by atoms with van der Waals surface area (Å²) < 4.78 is 24.0. The van der Waals surface area contributed by atoms with E-state index in [2.05, 4.69) is 57.3 Å². The second-order valence-corrected chi connectivity index (χ2v) is 9.28. The van der Waals surface area contributed by atoms with Gasteiger partial charge in [-0.05, 0) is 44.3 Å². The van der Waals surface area contributed by atoms with Gasteiger partial charge >= 0.3 is 7.12 Å². The summed E-state index contributed by atoms with van der Waals surface area (Å²) in [5, 5.41) is 2.14. The number of hydrogen-bond acceptors (Lipinski definition) is 5. The summed E-state index contributed by atoms with van der Waals surface area (Å²) in [4.78, 5) is 1.04. The molecular weight excluding hydrogens is 395 g/mol. The summed E-state index contributed by atoms with van der Waals surface area (Å²) in [6, 6.07) is 18.5. The minimum Gasteiger partial charge on any atom is -0.465 e. The zero-order valence-corrected chi connectivity index (χ0v) is 18.9. The normalized spacial score (nSPS) is 17.3. The Labute approximate surface area is 182 Å². The summed E-state index contributed by atoms with van der Waals surface area (Å²) in [7, 11) is 1.19. The molecule has 3 aromatic rings. The molecule has 1 aromatic heterocycles. The molecule has 2 heterocycles. The van der Waals surface area contributed by atoms with E-state index in [0.717, 1.165) is 32.8 Å². The largest absolute Gasteiger partial charge is 0.495 e. The maximum Gasteiger partial charge on any atom is 0.495 e. The molecule has 0 unspecified atom stereocenters. The van der Waals surface area contributed by atoms with Crippen LogP contribution in [-0.4, -0.2) is 32.2 Å². The van der Waals surface area contributed by atoms with E-state index in [4.69, 9.17) is 18.8 Å². The molecule has 30 heavy (non-hydrogen) atoms. The van der Waals surface area contributed by atoms with Gasteiger partial charge in [-0.1, -0.05) is 54.6 Å². The lowest BCUT2D eigenvalue weighted by molar-refractivity contribution is 0.00578. The molecule has 0 bridgehead atoms. The molecule has 156 valence electrons. The highest BCUT2D eigenvalue weighted by molar-refractivity contribution is 7.14. The van der Waals surface area contributed by atoms with Gasteiger partial charge in [0, 0.05) is 18.1 Å². The first-order valence-corrected chi connectivity index (χ1v) is 11.0. The SMILES string of the molecule is COCOc1c(-c2ccccc2)csc1-c1ccccc1B1OC(C)(C)C(C)(C)O1. The monoisotopic (exact) mass is 422 g/mol. The van der Waals surface area contributed by atoms with Crippen LogP contribution in [0.4, 0.5) is 0 Å². The summed E-state index contributed by atoms with van der Waals surface area (Å²) >= 11 is 1.66. The van der Waals surface area contributed by atoms with Crippen molar-refractivity contribution in [1.29, 1.82) is 0 Å². The molecule has 1 saturated heterocycles. The van der Waals surface area contributed by atoms with Gasteiger partial charge in [-0.3, -0.25) is 0 Å². The van der Waals surface area contributed by atoms with Crippen molar-refractivity contribution < 1.29 is 18.8 Å². The molecule has 0 radical (unpaired) electrons. The van der Waals surface area contributed by atoms with Crippen LogP contribution in [0.1, 0.15) is 27.7 Å². The Morgan fingerprint density at radius 3 is 2.17 bits per heavy atom. The van der Waals surface area contributed by atoms with Gasteiger partial charge in [0.15, 0.2) is 6.79 Å². The first kappa shape index (κ1) is 21.1. The van der Waals surface area contributed by atoms with Crippen molar-refractivity contribution in [3.05, 3.63) is 60.0 Å². The molecule has 4 rings (SSSR count). The van der Waals surface area contributed by atoms with E-state index < -0.39 is 18.3 Å². The van der Waals surface area contributed by atoms with E-state index in [1.54, 1.807) is 18.4 Å². The van der Waals surface area contributed by atoms with Crippen molar-refractivity contribution in [1.82, 2.24) is 0 Å². The van der Waals surface area contributed by atoms with E-state index in [-0.39, 0.29) is 6.79 Å². The van der Waals surface area contributed by atoms with Crippen LogP contribution in [0.3, 0.4) is 0 Å².